The molecule has 134 valence electrons. The third-order valence-corrected chi connectivity index (χ3v) is 5.82. The predicted molar refractivity (Wildman–Crippen MR) is 94.9 cm³/mol. The summed E-state index contributed by atoms with van der Waals surface area (Å²) in [7, 11) is -3.46. The molecule has 1 heterocycles. The second-order valence-corrected chi connectivity index (χ2v) is 8.17. The van der Waals surface area contributed by atoms with Gasteiger partial charge in [0.1, 0.15) is 6.10 Å². The predicted octanol–water partition coefficient (Wildman–Crippen LogP) is 2.76. The highest BCUT2D eigenvalue weighted by molar-refractivity contribution is 7.89. The summed E-state index contributed by atoms with van der Waals surface area (Å²) >= 11 is 0. The van der Waals surface area contributed by atoms with Crippen LogP contribution in [0.5, 0.6) is 6.01 Å². The molecule has 0 unspecified atom stereocenters. The molecular weight excluding hydrogens is 338 g/mol. The van der Waals surface area contributed by atoms with Gasteiger partial charge in [-0.1, -0.05) is 18.2 Å². The zero-order valence-corrected chi connectivity index (χ0v) is 15.3. The molecule has 0 radical (unpaired) electrons. The van der Waals surface area contributed by atoms with Gasteiger partial charge in [0.05, 0.1) is 4.90 Å². The maximum absolute atomic E-state index is 12.4. The number of rotatable bonds is 5. The van der Waals surface area contributed by atoms with Gasteiger partial charge in [0.2, 0.25) is 10.0 Å². The first kappa shape index (κ1) is 17.8. The molecule has 25 heavy (non-hydrogen) atoms. The van der Waals surface area contributed by atoms with Gasteiger partial charge in [0, 0.05) is 17.4 Å². The van der Waals surface area contributed by atoms with Crippen molar-refractivity contribution in [2.75, 3.05) is 0 Å². The molecule has 1 saturated carbocycles. The lowest BCUT2D eigenvalue weighted by Gasteiger charge is -2.28. The highest BCUT2D eigenvalue weighted by Gasteiger charge is 2.27. The minimum Gasteiger partial charge on any atom is -0.460 e. The second kappa shape index (κ2) is 7.49. The van der Waals surface area contributed by atoms with Gasteiger partial charge in [-0.2, -0.15) is 0 Å². The lowest BCUT2D eigenvalue weighted by Crippen LogP contribution is -2.39. The summed E-state index contributed by atoms with van der Waals surface area (Å²) in [6.45, 7) is 3.83. The molecule has 2 aromatic rings. The van der Waals surface area contributed by atoms with Crippen molar-refractivity contribution in [3.05, 3.63) is 47.8 Å². The van der Waals surface area contributed by atoms with E-state index in [0.717, 1.165) is 37.1 Å². The van der Waals surface area contributed by atoms with Crippen LogP contribution in [0.2, 0.25) is 0 Å². The van der Waals surface area contributed by atoms with Gasteiger partial charge in [0.25, 0.3) is 0 Å². The lowest BCUT2D eigenvalue weighted by molar-refractivity contribution is 0.131. The molecule has 1 aliphatic carbocycles. The quantitative estimate of drug-likeness (QED) is 0.886. The van der Waals surface area contributed by atoms with E-state index in [1.165, 1.54) is 0 Å². The van der Waals surface area contributed by atoms with E-state index in [-0.39, 0.29) is 12.1 Å². The highest BCUT2D eigenvalue weighted by atomic mass is 32.2. The molecule has 0 atom stereocenters. The standard InChI is InChI=1S/C18H23N3O3S/c1-13-12-14(2)20-18(19-13)24-16-10-8-15(9-11-16)21-25(22,23)17-6-4-3-5-7-17/h3-7,12,15-16,21H,8-11H2,1-2H3. The molecule has 1 N–H and O–H groups in total. The van der Waals surface area contributed by atoms with E-state index in [0.29, 0.717) is 10.9 Å². The number of nitrogens with zero attached hydrogens (tertiary/aromatic N) is 2. The molecule has 1 aliphatic rings. The van der Waals surface area contributed by atoms with E-state index < -0.39 is 10.0 Å². The zero-order chi connectivity index (χ0) is 17.9. The van der Waals surface area contributed by atoms with E-state index >= 15 is 0 Å². The minimum atomic E-state index is -3.46. The Morgan fingerprint density at radius 1 is 1.00 bits per heavy atom. The van der Waals surface area contributed by atoms with Crippen molar-refractivity contribution in [2.45, 2.75) is 56.6 Å². The van der Waals surface area contributed by atoms with Crippen LogP contribution in [0.3, 0.4) is 0 Å². The highest BCUT2D eigenvalue weighted by Crippen LogP contribution is 2.24. The number of aryl methyl sites for hydroxylation is 2. The first-order valence-electron chi connectivity index (χ1n) is 8.49. The van der Waals surface area contributed by atoms with Gasteiger partial charge in [-0.15, -0.1) is 0 Å². The summed E-state index contributed by atoms with van der Waals surface area (Å²) in [4.78, 5) is 8.91. The number of benzene rings is 1. The molecule has 0 saturated heterocycles. The number of sulfonamides is 1. The Hall–Kier alpha value is -1.99. The fraction of sp³-hybridized carbons (Fsp3) is 0.444. The van der Waals surface area contributed by atoms with Crippen molar-refractivity contribution in [3.63, 3.8) is 0 Å². The monoisotopic (exact) mass is 361 g/mol. The molecule has 0 bridgehead atoms. The lowest BCUT2D eigenvalue weighted by atomic mass is 9.94. The minimum absolute atomic E-state index is 0.0266. The average Bonchev–Trinajstić information content (AvgIpc) is 2.56. The normalized spacial score (nSPS) is 21.0. The fourth-order valence-electron chi connectivity index (χ4n) is 3.08. The van der Waals surface area contributed by atoms with Gasteiger partial charge in [-0.05, 0) is 57.7 Å². The summed E-state index contributed by atoms with van der Waals surface area (Å²) < 4.78 is 33.5. The van der Waals surface area contributed by atoms with Crippen LogP contribution >= 0.6 is 0 Å². The molecule has 0 amide bonds. The van der Waals surface area contributed by atoms with Crippen LogP contribution in [0, 0.1) is 13.8 Å². The Bertz CT molecular complexity index is 796. The zero-order valence-electron chi connectivity index (χ0n) is 14.5. The van der Waals surface area contributed by atoms with Crippen LogP contribution in [-0.2, 0) is 10.0 Å². The summed E-state index contributed by atoms with van der Waals surface area (Å²) in [5.74, 6) is 0. The topological polar surface area (TPSA) is 81.2 Å². The van der Waals surface area contributed by atoms with Gasteiger partial charge in [-0.3, -0.25) is 0 Å². The van der Waals surface area contributed by atoms with Crippen molar-refractivity contribution in [3.8, 4) is 6.01 Å². The van der Waals surface area contributed by atoms with E-state index in [4.69, 9.17) is 4.74 Å². The molecule has 0 spiro atoms. The number of aromatic nitrogens is 2. The maximum Gasteiger partial charge on any atom is 0.317 e. The van der Waals surface area contributed by atoms with Gasteiger partial charge in [-0.25, -0.2) is 23.1 Å². The molecule has 6 nitrogen and oxygen atoms in total. The number of ether oxygens (including phenoxy) is 1. The van der Waals surface area contributed by atoms with Gasteiger partial charge >= 0.3 is 6.01 Å². The van der Waals surface area contributed by atoms with Crippen molar-refractivity contribution in [2.24, 2.45) is 0 Å². The Morgan fingerprint density at radius 3 is 2.20 bits per heavy atom. The summed E-state index contributed by atoms with van der Waals surface area (Å²) in [5.41, 5.74) is 1.76. The van der Waals surface area contributed by atoms with Crippen molar-refractivity contribution in [1.29, 1.82) is 0 Å². The summed E-state index contributed by atoms with van der Waals surface area (Å²) in [5, 5.41) is 0. The van der Waals surface area contributed by atoms with Crippen molar-refractivity contribution in [1.82, 2.24) is 14.7 Å². The van der Waals surface area contributed by atoms with Crippen LogP contribution in [0.25, 0.3) is 0 Å². The number of hydrogen-bond acceptors (Lipinski definition) is 5. The van der Waals surface area contributed by atoms with Crippen molar-refractivity contribution < 1.29 is 13.2 Å². The Labute approximate surface area is 148 Å². The van der Waals surface area contributed by atoms with E-state index in [2.05, 4.69) is 14.7 Å². The molecule has 1 aromatic heterocycles. The van der Waals surface area contributed by atoms with Crippen LogP contribution in [0.15, 0.2) is 41.3 Å². The van der Waals surface area contributed by atoms with Gasteiger partial charge < -0.3 is 4.74 Å². The second-order valence-electron chi connectivity index (χ2n) is 6.46. The van der Waals surface area contributed by atoms with Crippen LogP contribution in [-0.4, -0.2) is 30.5 Å². The Kier molecular flexibility index (Phi) is 5.34. The third kappa shape index (κ3) is 4.76. The molecule has 1 fully saturated rings. The fourth-order valence-corrected chi connectivity index (χ4v) is 4.41. The summed E-state index contributed by atoms with van der Waals surface area (Å²) in [6.07, 6.45) is 3.05. The van der Waals surface area contributed by atoms with E-state index in [1.807, 2.05) is 19.9 Å². The molecule has 1 aromatic carbocycles. The molecule has 0 aliphatic heterocycles. The first-order valence-corrected chi connectivity index (χ1v) is 9.97. The van der Waals surface area contributed by atoms with Crippen LogP contribution < -0.4 is 9.46 Å². The Morgan fingerprint density at radius 2 is 1.60 bits per heavy atom. The summed E-state index contributed by atoms with van der Waals surface area (Å²) in [6, 6.07) is 10.7. The maximum atomic E-state index is 12.4. The van der Waals surface area contributed by atoms with Crippen molar-refractivity contribution >= 4 is 10.0 Å². The largest absolute Gasteiger partial charge is 0.460 e. The number of nitrogens with one attached hydrogen (secondary N) is 1. The first-order chi connectivity index (χ1) is 11.9. The van der Waals surface area contributed by atoms with Gasteiger partial charge in [0.15, 0.2) is 0 Å². The smallest absolute Gasteiger partial charge is 0.317 e. The molecular formula is C18H23N3O3S. The number of hydrogen-bond donors (Lipinski definition) is 1. The average molecular weight is 361 g/mol. The SMILES string of the molecule is Cc1cc(C)nc(OC2CCC(NS(=O)(=O)c3ccccc3)CC2)n1. The van der Waals surface area contributed by atoms with E-state index in [9.17, 15) is 8.42 Å². The Balaban J connectivity index is 1.55. The van der Waals surface area contributed by atoms with E-state index in [1.54, 1.807) is 30.3 Å². The third-order valence-electron chi connectivity index (χ3n) is 4.28. The molecule has 7 heteroatoms. The van der Waals surface area contributed by atoms with Crippen LogP contribution in [0.4, 0.5) is 0 Å². The van der Waals surface area contributed by atoms with Crippen LogP contribution in [0.1, 0.15) is 37.1 Å². The molecule has 3 rings (SSSR count).